The van der Waals surface area contributed by atoms with Gasteiger partial charge in [0.25, 0.3) is 0 Å². The Morgan fingerprint density at radius 2 is 2.26 bits per heavy atom. The summed E-state index contributed by atoms with van der Waals surface area (Å²) in [6.07, 6.45) is 0.652. The van der Waals surface area contributed by atoms with Crippen LogP contribution in [0.1, 0.15) is 13.3 Å². The monoisotopic (exact) mass is 340 g/mol. The fourth-order valence-corrected chi connectivity index (χ4v) is 2.79. The van der Waals surface area contributed by atoms with Gasteiger partial charge in [-0.25, -0.2) is 4.98 Å². The van der Waals surface area contributed by atoms with Crippen LogP contribution < -0.4 is 5.73 Å². The lowest BCUT2D eigenvalue weighted by Crippen LogP contribution is -2.24. The van der Waals surface area contributed by atoms with E-state index in [9.17, 15) is 4.79 Å². The predicted molar refractivity (Wildman–Crippen MR) is 78.6 cm³/mol. The highest BCUT2D eigenvalue weighted by Crippen LogP contribution is 2.28. The minimum atomic E-state index is -0.347. The molecule has 0 spiro atoms. The summed E-state index contributed by atoms with van der Waals surface area (Å²) in [5, 5.41) is 7.19. The van der Waals surface area contributed by atoms with Gasteiger partial charge in [0.05, 0.1) is 5.25 Å². The van der Waals surface area contributed by atoms with Crippen molar-refractivity contribution in [3.05, 3.63) is 28.7 Å². The van der Waals surface area contributed by atoms with Crippen molar-refractivity contribution in [3.63, 3.8) is 0 Å². The van der Waals surface area contributed by atoms with Gasteiger partial charge in [0.2, 0.25) is 11.1 Å². The fourth-order valence-electron chi connectivity index (χ4n) is 1.54. The van der Waals surface area contributed by atoms with E-state index in [1.807, 2.05) is 31.2 Å². The summed E-state index contributed by atoms with van der Waals surface area (Å²) in [5.41, 5.74) is 6.23. The summed E-state index contributed by atoms with van der Waals surface area (Å²) in [6, 6.07) is 7.72. The highest BCUT2D eigenvalue weighted by molar-refractivity contribution is 9.10. The minimum absolute atomic E-state index is 0.303. The largest absolute Gasteiger partial charge is 0.369 e. The number of rotatable bonds is 5. The van der Waals surface area contributed by atoms with Crippen molar-refractivity contribution in [2.45, 2.75) is 23.8 Å². The lowest BCUT2D eigenvalue weighted by Gasteiger charge is -2.06. The Morgan fingerprint density at radius 3 is 2.89 bits per heavy atom. The molecular formula is C12H13BrN4OS. The number of nitrogens with zero attached hydrogens (tertiary/aromatic N) is 2. The molecule has 19 heavy (non-hydrogen) atoms. The van der Waals surface area contributed by atoms with Crippen LogP contribution in [0, 0.1) is 0 Å². The van der Waals surface area contributed by atoms with Crippen molar-refractivity contribution in [3.8, 4) is 11.4 Å². The molecule has 0 fully saturated rings. The molecule has 1 aromatic heterocycles. The van der Waals surface area contributed by atoms with Crippen LogP contribution in [0.25, 0.3) is 11.4 Å². The van der Waals surface area contributed by atoms with Crippen LogP contribution in [0.15, 0.2) is 33.9 Å². The molecule has 0 unspecified atom stereocenters. The zero-order valence-corrected chi connectivity index (χ0v) is 12.7. The van der Waals surface area contributed by atoms with Gasteiger partial charge in [-0.1, -0.05) is 52.8 Å². The van der Waals surface area contributed by atoms with Crippen molar-refractivity contribution in [1.82, 2.24) is 15.2 Å². The second kappa shape index (κ2) is 6.21. The lowest BCUT2D eigenvalue weighted by atomic mass is 10.2. The van der Waals surface area contributed by atoms with E-state index in [2.05, 4.69) is 31.1 Å². The molecule has 0 bridgehead atoms. The van der Waals surface area contributed by atoms with Gasteiger partial charge >= 0.3 is 0 Å². The Bertz CT molecular complexity index is 587. The van der Waals surface area contributed by atoms with Crippen LogP contribution in [0.2, 0.25) is 0 Å². The number of nitrogens with one attached hydrogen (secondary N) is 1. The molecule has 1 heterocycles. The number of primary amides is 1. The third-order valence-electron chi connectivity index (χ3n) is 2.53. The number of carbonyl (C=O) groups is 1. The number of carbonyl (C=O) groups excluding carboxylic acids is 1. The van der Waals surface area contributed by atoms with Crippen molar-refractivity contribution in [2.75, 3.05) is 0 Å². The fraction of sp³-hybridized carbons (Fsp3) is 0.250. The molecule has 3 N–H and O–H groups in total. The van der Waals surface area contributed by atoms with Crippen LogP contribution in [0.3, 0.4) is 0 Å². The first-order valence-electron chi connectivity index (χ1n) is 5.75. The lowest BCUT2D eigenvalue weighted by molar-refractivity contribution is -0.117. The first-order valence-corrected chi connectivity index (χ1v) is 7.42. The van der Waals surface area contributed by atoms with Crippen LogP contribution in [-0.4, -0.2) is 26.3 Å². The first kappa shape index (κ1) is 14.1. The number of hydrogen-bond donors (Lipinski definition) is 2. The average molecular weight is 341 g/mol. The van der Waals surface area contributed by atoms with E-state index < -0.39 is 0 Å². The number of benzene rings is 1. The number of hydrogen-bond acceptors (Lipinski definition) is 4. The molecule has 0 aliphatic heterocycles. The van der Waals surface area contributed by atoms with Crippen molar-refractivity contribution in [1.29, 1.82) is 0 Å². The molecule has 0 aliphatic rings. The quantitative estimate of drug-likeness (QED) is 0.819. The molecule has 1 atom stereocenters. The topological polar surface area (TPSA) is 84.7 Å². The summed E-state index contributed by atoms with van der Waals surface area (Å²) in [6.45, 7) is 1.91. The van der Waals surface area contributed by atoms with Gasteiger partial charge in [-0.2, -0.15) is 0 Å². The zero-order valence-electron chi connectivity index (χ0n) is 10.3. The normalized spacial score (nSPS) is 12.3. The van der Waals surface area contributed by atoms with Gasteiger partial charge in [0.15, 0.2) is 5.82 Å². The maximum atomic E-state index is 11.2. The van der Waals surface area contributed by atoms with Crippen LogP contribution >= 0.6 is 27.7 Å². The highest BCUT2D eigenvalue weighted by atomic mass is 79.9. The van der Waals surface area contributed by atoms with E-state index in [-0.39, 0.29) is 11.2 Å². The molecule has 2 aromatic rings. The van der Waals surface area contributed by atoms with Gasteiger partial charge in [0, 0.05) is 10.0 Å². The number of aromatic nitrogens is 3. The second-order valence-electron chi connectivity index (χ2n) is 3.86. The average Bonchev–Trinajstić information content (AvgIpc) is 2.84. The van der Waals surface area contributed by atoms with E-state index in [0.717, 1.165) is 10.0 Å². The summed E-state index contributed by atoms with van der Waals surface area (Å²) in [4.78, 5) is 15.6. The van der Waals surface area contributed by atoms with Crippen molar-refractivity contribution in [2.24, 2.45) is 5.73 Å². The molecule has 0 radical (unpaired) electrons. The Kier molecular flexibility index (Phi) is 4.60. The first-order chi connectivity index (χ1) is 9.11. The van der Waals surface area contributed by atoms with E-state index in [1.165, 1.54) is 11.8 Å². The Morgan fingerprint density at radius 1 is 1.53 bits per heavy atom. The Hall–Kier alpha value is -1.34. The summed E-state index contributed by atoms with van der Waals surface area (Å²) in [7, 11) is 0. The predicted octanol–water partition coefficient (Wildman–Crippen LogP) is 2.59. The SMILES string of the molecule is CC[C@H](Sc1n[nH]c(-c2ccccc2Br)n1)C(N)=O. The number of amides is 1. The molecular weight excluding hydrogens is 328 g/mol. The third-order valence-corrected chi connectivity index (χ3v) is 4.46. The third kappa shape index (κ3) is 3.36. The number of aromatic amines is 1. The maximum Gasteiger partial charge on any atom is 0.231 e. The number of nitrogens with two attached hydrogens (primary N) is 1. The van der Waals surface area contributed by atoms with E-state index in [1.54, 1.807) is 0 Å². The van der Waals surface area contributed by atoms with Gasteiger partial charge in [-0.15, -0.1) is 5.10 Å². The van der Waals surface area contributed by atoms with Crippen LogP contribution in [0.5, 0.6) is 0 Å². The summed E-state index contributed by atoms with van der Waals surface area (Å²) in [5.74, 6) is 0.314. The van der Waals surface area contributed by atoms with Crippen molar-refractivity contribution < 1.29 is 4.79 Å². The molecule has 100 valence electrons. The highest BCUT2D eigenvalue weighted by Gasteiger charge is 2.18. The molecule has 0 aliphatic carbocycles. The smallest absolute Gasteiger partial charge is 0.231 e. The second-order valence-corrected chi connectivity index (χ2v) is 5.89. The summed E-state index contributed by atoms with van der Waals surface area (Å²) >= 11 is 4.74. The molecule has 2 rings (SSSR count). The molecule has 5 nitrogen and oxygen atoms in total. The number of thioether (sulfide) groups is 1. The summed E-state index contributed by atoms with van der Waals surface area (Å²) < 4.78 is 0.935. The number of halogens is 1. The van der Waals surface area contributed by atoms with Gasteiger partial charge in [-0.05, 0) is 12.5 Å². The van der Waals surface area contributed by atoms with Gasteiger partial charge in [0.1, 0.15) is 0 Å². The molecule has 1 aromatic carbocycles. The maximum absolute atomic E-state index is 11.2. The molecule has 7 heteroatoms. The van der Waals surface area contributed by atoms with Crippen LogP contribution in [-0.2, 0) is 4.79 Å². The van der Waals surface area contributed by atoms with Gasteiger partial charge in [-0.3, -0.25) is 9.89 Å². The number of H-pyrrole nitrogens is 1. The Labute approximate surface area is 123 Å². The van der Waals surface area contributed by atoms with Gasteiger partial charge < -0.3 is 5.73 Å². The van der Waals surface area contributed by atoms with E-state index >= 15 is 0 Å². The van der Waals surface area contributed by atoms with Crippen LogP contribution in [0.4, 0.5) is 0 Å². The van der Waals surface area contributed by atoms with E-state index in [0.29, 0.717) is 17.4 Å². The molecule has 0 saturated carbocycles. The van der Waals surface area contributed by atoms with Crippen molar-refractivity contribution >= 4 is 33.6 Å². The minimum Gasteiger partial charge on any atom is -0.369 e. The molecule has 0 saturated heterocycles. The standard InChI is InChI=1S/C12H13BrN4OS/c1-2-9(10(14)18)19-12-15-11(16-17-12)7-5-3-4-6-8(7)13/h3-6,9H,2H2,1H3,(H2,14,18)(H,15,16,17)/t9-/m0/s1. The zero-order chi connectivity index (χ0) is 13.8. The Balaban J connectivity index is 2.20. The molecule has 1 amide bonds. The van der Waals surface area contributed by atoms with E-state index in [4.69, 9.17) is 5.73 Å².